The van der Waals surface area contributed by atoms with Crippen molar-refractivity contribution in [2.24, 2.45) is 0 Å². The Morgan fingerprint density at radius 2 is 2.08 bits per heavy atom. The number of thiophene rings is 1. The third-order valence-corrected chi connectivity index (χ3v) is 5.98. The third kappa shape index (κ3) is 3.48. The Kier molecular flexibility index (Phi) is 4.61. The molecule has 132 valence electrons. The van der Waals surface area contributed by atoms with Gasteiger partial charge in [0.1, 0.15) is 5.82 Å². The molecule has 0 unspecified atom stereocenters. The first-order valence-corrected chi connectivity index (χ1v) is 9.80. The molecule has 0 bridgehead atoms. The van der Waals surface area contributed by atoms with Crippen LogP contribution in [0.1, 0.15) is 36.8 Å². The molecule has 2 aromatic rings. The van der Waals surface area contributed by atoms with E-state index in [1.54, 1.807) is 23.5 Å². The minimum Gasteiger partial charge on any atom is -0.376 e. The minimum atomic E-state index is -0.470. The van der Waals surface area contributed by atoms with Gasteiger partial charge in [-0.15, -0.1) is 0 Å². The summed E-state index contributed by atoms with van der Waals surface area (Å²) >= 11 is 1.65. The van der Waals surface area contributed by atoms with Crippen molar-refractivity contribution in [1.29, 1.82) is 0 Å². The van der Waals surface area contributed by atoms with Gasteiger partial charge >= 0.3 is 0 Å². The van der Waals surface area contributed by atoms with Gasteiger partial charge in [0.05, 0.1) is 11.5 Å². The highest BCUT2D eigenvalue weighted by atomic mass is 32.1. The average molecular weight is 359 g/mol. The van der Waals surface area contributed by atoms with Crippen molar-refractivity contribution in [2.75, 3.05) is 13.2 Å². The van der Waals surface area contributed by atoms with Gasteiger partial charge in [-0.1, -0.05) is 12.1 Å². The van der Waals surface area contributed by atoms with Gasteiger partial charge in [-0.25, -0.2) is 4.39 Å². The largest absolute Gasteiger partial charge is 0.376 e. The van der Waals surface area contributed by atoms with Gasteiger partial charge in [-0.05, 0) is 65.8 Å². The number of amides is 1. The summed E-state index contributed by atoms with van der Waals surface area (Å²) in [4.78, 5) is 15.4. The summed E-state index contributed by atoms with van der Waals surface area (Å²) in [5.41, 5.74) is 1.62. The van der Waals surface area contributed by atoms with Gasteiger partial charge in [0.15, 0.2) is 0 Å². The molecule has 1 aliphatic heterocycles. The summed E-state index contributed by atoms with van der Waals surface area (Å²) in [5.74, 6) is -0.109. The highest BCUT2D eigenvalue weighted by molar-refractivity contribution is 7.07. The third-order valence-electron chi connectivity index (χ3n) is 5.24. The van der Waals surface area contributed by atoms with E-state index < -0.39 is 5.41 Å². The first-order chi connectivity index (χ1) is 12.2. The molecule has 1 aliphatic carbocycles. The zero-order valence-electron chi connectivity index (χ0n) is 14.1. The highest BCUT2D eigenvalue weighted by Gasteiger charge is 2.53. The summed E-state index contributed by atoms with van der Waals surface area (Å²) in [6.45, 7) is 2.04. The summed E-state index contributed by atoms with van der Waals surface area (Å²) in [7, 11) is 0. The summed E-state index contributed by atoms with van der Waals surface area (Å²) < 4.78 is 19.0. The number of carbonyl (C=O) groups excluding carboxylic acids is 1. The lowest BCUT2D eigenvalue weighted by Crippen LogP contribution is -2.42. The number of benzene rings is 1. The molecule has 0 N–H and O–H groups in total. The molecule has 1 atom stereocenters. The Bertz CT molecular complexity index is 719. The van der Waals surface area contributed by atoms with Crippen LogP contribution in [0.5, 0.6) is 0 Å². The minimum absolute atomic E-state index is 0.131. The van der Waals surface area contributed by atoms with Crippen LogP contribution < -0.4 is 0 Å². The number of nitrogens with zero attached hydrogens (tertiary/aromatic N) is 1. The molecule has 4 rings (SSSR count). The van der Waals surface area contributed by atoms with Crippen LogP contribution in [0.15, 0.2) is 41.1 Å². The van der Waals surface area contributed by atoms with Gasteiger partial charge in [-0.2, -0.15) is 11.3 Å². The zero-order chi connectivity index (χ0) is 17.3. The van der Waals surface area contributed by atoms with Gasteiger partial charge in [-0.3, -0.25) is 4.79 Å². The lowest BCUT2D eigenvalue weighted by molar-refractivity contribution is -0.136. The molecule has 1 aromatic heterocycles. The maximum Gasteiger partial charge on any atom is 0.233 e. The topological polar surface area (TPSA) is 29.5 Å². The van der Waals surface area contributed by atoms with E-state index in [0.29, 0.717) is 13.1 Å². The van der Waals surface area contributed by atoms with E-state index in [1.165, 1.54) is 12.1 Å². The van der Waals surface area contributed by atoms with Gasteiger partial charge < -0.3 is 9.64 Å². The second kappa shape index (κ2) is 6.89. The Labute approximate surface area is 151 Å². The van der Waals surface area contributed by atoms with Crippen molar-refractivity contribution >= 4 is 17.2 Å². The Morgan fingerprint density at radius 3 is 2.68 bits per heavy atom. The van der Waals surface area contributed by atoms with Crippen molar-refractivity contribution in [1.82, 2.24) is 4.90 Å². The molecular formula is C20H22FNO2S. The Morgan fingerprint density at radius 1 is 1.28 bits per heavy atom. The molecule has 1 saturated heterocycles. The molecule has 2 heterocycles. The predicted molar refractivity (Wildman–Crippen MR) is 96.0 cm³/mol. The van der Waals surface area contributed by atoms with E-state index in [0.717, 1.165) is 43.4 Å². The predicted octanol–water partition coefficient (Wildman–Crippen LogP) is 4.13. The second-order valence-corrected chi connectivity index (χ2v) is 7.82. The standard InChI is InChI=1S/C20H22FNO2S/c21-17-5-3-16(4-6-17)20(8-9-20)19(23)22(12-15-7-11-25-14-15)13-18-2-1-10-24-18/h3-7,11,14,18H,1-2,8-10,12-13H2/t18-/m1/s1. The van der Waals surface area contributed by atoms with Crippen molar-refractivity contribution in [3.63, 3.8) is 0 Å². The SMILES string of the molecule is O=C(N(Cc1ccsc1)C[C@H]1CCCO1)C1(c2ccc(F)cc2)CC1. The number of carbonyl (C=O) groups is 1. The van der Waals surface area contributed by atoms with Crippen LogP contribution in [0, 0.1) is 5.82 Å². The number of halogens is 1. The summed E-state index contributed by atoms with van der Waals surface area (Å²) in [6.07, 6.45) is 3.88. The Balaban J connectivity index is 1.56. The Hall–Kier alpha value is -1.72. The van der Waals surface area contributed by atoms with Crippen molar-refractivity contribution < 1.29 is 13.9 Å². The van der Waals surface area contributed by atoms with Crippen LogP contribution in [-0.4, -0.2) is 30.1 Å². The molecule has 25 heavy (non-hydrogen) atoms. The normalized spacial score (nSPS) is 21.2. The molecule has 0 radical (unpaired) electrons. The lowest BCUT2D eigenvalue weighted by atomic mass is 9.94. The van der Waals surface area contributed by atoms with Crippen molar-refractivity contribution in [3.05, 3.63) is 58.0 Å². The van der Waals surface area contributed by atoms with E-state index in [-0.39, 0.29) is 17.8 Å². The maximum atomic E-state index is 13.4. The molecular weight excluding hydrogens is 337 g/mol. The van der Waals surface area contributed by atoms with Crippen LogP contribution in [0.25, 0.3) is 0 Å². The zero-order valence-corrected chi connectivity index (χ0v) is 14.9. The van der Waals surface area contributed by atoms with Crippen molar-refractivity contribution in [3.8, 4) is 0 Å². The van der Waals surface area contributed by atoms with E-state index in [2.05, 4.69) is 11.4 Å². The molecule has 1 aromatic carbocycles. The van der Waals surface area contributed by atoms with Gasteiger partial charge in [0, 0.05) is 19.7 Å². The van der Waals surface area contributed by atoms with Crippen LogP contribution in [0.4, 0.5) is 4.39 Å². The molecule has 2 fully saturated rings. The molecule has 5 heteroatoms. The van der Waals surface area contributed by atoms with E-state index in [4.69, 9.17) is 4.74 Å². The van der Waals surface area contributed by atoms with E-state index >= 15 is 0 Å². The smallest absolute Gasteiger partial charge is 0.233 e. The quantitative estimate of drug-likeness (QED) is 0.776. The van der Waals surface area contributed by atoms with E-state index in [1.807, 2.05) is 10.3 Å². The van der Waals surface area contributed by atoms with Crippen LogP contribution >= 0.6 is 11.3 Å². The number of hydrogen-bond acceptors (Lipinski definition) is 3. The fourth-order valence-electron chi connectivity index (χ4n) is 3.68. The van der Waals surface area contributed by atoms with Gasteiger partial charge in [0.25, 0.3) is 0 Å². The molecule has 1 saturated carbocycles. The summed E-state index contributed by atoms with van der Waals surface area (Å²) in [6, 6.07) is 8.49. The van der Waals surface area contributed by atoms with Crippen LogP contribution in [0.2, 0.25) is 0 Å². The fraction of sp³-hybridized carbons (Fsp3) is 0.450. The number of ether oxygens (including phenoxy) is 1. The lowest BCUT2D eigenvalue weighted by Gasteiger charge is -2.29. The van der Waals surface area contributed by atoms with Crippen LogP contribution in [-0.2, 0) is 21.5 Å². The average Bonchev–Trinajstić information content (AvgIpc) is 3.01. The molecule has 0 spiro atoms. The first-order valence-electron chi connectivity index (χ1n) is 8.85. The number of rotatable bonds is 6. The van der Waals surface area contributed by atoms with Gasteiger partial charge in [0.2, 0.25) is 5.91 Å². The molecule has 1 amide bonds. The van der Waals surface area contributed by atoms with Crippen LogP contribution in [0.3, 0.4) is 0 Å². The highest BCUT2D eigenvalue weighted by Crippen LogP contribution is 2.50. The summed E-state index contributed by atoms with van der Waals surface area (Å²) in [5, 5.41) is 4.13. The number of hydrogen-bond donors (Lipinski definition) is 0. The molecule has 3 nitrogen and oxygen atoms in total. The molecule has 2 aliphatic rings. The maximum absolute atomic E-state index is 13.4. The second-order valence-electron chi connectivity index (χ2n) is 7.04. The fourth-order valence-corrected chi connectivity index (χ4v) is 4.34. The monoisotopic (exact) mass is 359 g/mol. The van der Waals surface area contributed by atoms with E-state index in [9.17, 15) is 9.18 Å². The van der Waals surface area contributed by atoms with Crippen molar-refractivity contribution in [2.45, 2.75) is 43.7 Å². The first kappa shape index (κ1) is 16.7.